The van der Waals surface area contributed by atoms with Crippen LogP contribution in [0.3, 0.4) is 0 Å². The van der Waals surface area contributed by atoms with Crippen molar-refractivity contribution in [2.45, 2.75) is 0 Å². The molecule has 2 heterocycles. The lowest BCUT2D eigenvalue weighted by Gasteiger charge is -2.13. The van der Waals surface area contributed by atoms with Gasteiger partial charge in [0, 0.05) is 20.3 Å². The van der Waals surface area contributed by atoms with Crippen LogP contribution in [0.2, 0.25) is 0 Å². The zero-order valence-electron chi connectivity index (χ0n) is 13.0. The van der Waals surface area contributed by atoms with Crippen molar-refractivity contribution in [2.75, 3.05) is 19.4 Å². The van der Waals surface area contributed by atoms with Gasteiger partial charge in [-0.15, -0.1) is 10.2 Å². The number of anilines is 1. The van der Waals surface area contributed by atoms with Crippen molar-refractivity contribution < 1.29 is 9.90 Å². The number of rotatable bonds is 3. The number of phenolic OH excluding ortho intramolecular Hbond substituents is 1. The highest BCUT2D eigenvalue weighted by atomic mass is 32.1. The summed E-state index contributed by atoms with van der Waals surface area (Å²) < 4.78 is 4.20. The van der Waals surface area contributed by atoms with Crippen LogP contribution in [0.15, 0.2) is 46.8 Å². The van der Waals surface area contributed by atoms with Crippen molar-refractivity contribution in [1.82, 2.24) is 14.3 Å². The van der Waals surface area contributed by atoms with Crippen LogP contribution < -0.4 is 5.32 Å². The van der Waals surface area contributed by atoms with Gasteiger partial charge < -0.3 is 15.3 Å². The van der Waals surface area contributed by atoms with Gasteiger partial charge in [-0.25, -0.2) is 9.78 Å². The van der Waals surface area contributed by atoms with Crippen molar-refractivity contribution in [3.8, 4) is 5.75 Å². The summed E-state index contributed by atoms with van der Waals surface area (Å²) in [7, 11) is 3.22. The Morgan fingerprint density at radius 1 is 1.29 bits per heavy atom. The fourth-order valence-corrected chi connectivity index (χ4v) is 2.51. The first-order chi connectivity index (χ1) is 11.5. The van der Waals surface area contributed by atoms with Gasteiger partial charge in [0.2, 0.25) is 0 Å². The molecule has 0 aliphatic rings. The largest absolute Gasteiger partial charge is 0.506 e. The summed E-state index contributed by atoms with van der Waals surface area (Å²) in [5.74, 6) is -0.0448. The van der Waals surface area contributed by atoms with Crippen LogP contribution in [0.1, 0.15) is 0 Å². The maximum atomic E-state index is 11.7. The third kappa shape index (κ3) is 3.30. The molecule has 1 aromatic carbocycles. The van der Waals surface area contributed by atoms with Crippen LogP contribution in [-0.4, -0.2) is 39.5 Å². The molecule has 9 heteroatoms. The van der Waals surface area contributed by atoms with E-state index in [0.29, 0.717) is 16.3 Å². The second-order valence-corrected chi connectivity index (χ2v) is 5.84. The number of phenols is 1. The summed E-state index contributed by atoms with van der Waals surface area (Å²) in [5, 5.41) is 22.2. The lowest BCUT2D eigenvalue weighted by molar-refractivity contribution is 0.230. The highest BCUT2D eigenvalue weighted by Gasteiger charge is 2.09. The zero-order valence-corrected chi connectivity index (χ0v) is 13.8. The van der Waals surface area contributed by atoms with E-state index >= 15 is 0 Å². The predicted octanol–water partition coefficient (Wildman–Crippen LogP) is 3.91. The zero-order chi connectivity index (χ0) is 17.1. The van der Waals surface area contributed by atoms with Crippen LogP contribution in [0.5, 0.6) is 5.75 Å². The molecule has 2 aromatic heterocycles. The Morgan fingerprint density at radius 3 is 2.92 bits per heavy atom. The maximum absolute atomic E-state index is 11.7. The lowest BCUT2D eigenvalue weighted by atomic mass is 10.2. The molecule has 2 amide bonds. The SMILES string of the molecule is CN(C)C(=O)Nc1cc(/N=N/c2snc3ncccc23)ccc1O. The number of nitrogens with zero attached hydrogens (tertiary/aromatic N) is 5. The van der Waals surface area contributed by atoms with Gasteiger partial charge >= 0.3 is 6.03 Å². The molecule has 0 fully saturated rings. The van der Waals surface area contributed by atoms with Crippen LogP contribution in [0, 0.1) is 0 Å². The molecular weight excluding hydrogens is 328 g/mol. The van der Waals surface area contributed by atoms with Crippen molar-refractivity contribution in [3.05, 3.63) is 36.5 Å². The highest BCUT2D eigenvalue weighted by molar-refractivity contribution is 7.11. The number of azo groups is 1. The second kappa shape index (κ2) is 6.59. The molecule has 0 atom stereocenters. The number of aromatic nitrogens is 2. The summed E-state index contributed by atoms with van der Waals surface area (Å²) in [6, 6.07) is 7.93. The summed E-state index contributed by atoms with van der Waals surface area (Å²) in [6.07, 6.45) is 1.67. The summed E-state index contributed by atoms with van der Waals surface area (Å²) >= 11 is 1.21. The van der Waals surface area contributed by atoms with Gasteiger partial charge in [0.1, 0.15) is 5.75 Å². The third-order valence-electron chi connectivity index (χ3n) is 3.12. The van der Waals surface area contributed by atoms with Gasteiger partial charge in [-0.2, -0.15) is 4.37 Å². The smallest absolute Gasteiger partial charge is 0.321 e. The van der Waals surface area contributed by atoms with Gasteiger partial charge in [0.05, 0.1) is 16.8 Å². The van der Waals surface area contributed by atoms with Crippen molar-refractivity contribution in [2.24, 2.45) is 10.2 Å². The fraction of sp³-hybridized carbons (Fsp3) is 0.133. The van der Waals surface area contributed by atoms with E-state index < -0.39 is 0 Å². The highest BCUT2D eigenvalue weighted by Crippen LogP contribution is 2.32. The monoisotopic (exact) mass is 342 g/mol. The number of aromatic hydroxyl groups is 1. The maximum Gasteiger partial charge on any atom is 0.321 e. The van der Waals surface area contributed by atoms with E-state index in [4.69, 9.17) is 0 Å². The van der Waals surface area contributed by atoms with Crippen molar-refractivity contribution in [1.29, 1.82) is 0 Å². The Labute approximate surface area is 141 Å². The van der Waals surface area contributed by atoms with Crippen molar-refractivity contribution >= 4 is 45.0 Å². The number of carbonyl (C=O) groups excluding carboxylic acids is 1. The molecule has 0 bridgehead atoms. The van der Waals surface area contributed by atoms with E-state index in [0.717, 1.165) is 5.39 Å². The molecule has 3 aromatic rings. The summed E-state index contributed by atoms with van der Waals surface area (Å²) in [5.41, 5.74) is 1.38. The fourth-order valence-electron chi connectivity index (χ4n) is 1.86. The minimum Gasteiger partial charge on any atom is -0.506 e. The number of amides is 2. The minimum absolute atomic E-state index is 0.0448. The Morgan fingerprint density at radius 2 is 2.12 bits per heavy atom. The molecule has 0 aliphatic carbocycles. The van der Waals surface area contributed by atoms with E-state index in [-0.39, 0.29) is 17.5 Å². The molecule has 0 unspecified atom stereocenters. The van der Waals surface area contributed by atoms with Crippen molar-refractivity contribution in [3.63, 3.8) is 0 Å². The topological polar surface area (TPSA) is 103 Å². The second-order valence-electron chi connectivity index (χ2n) is 5.09. The number of urea groups is 1. The number of fused-ring (bicyclic) bond motifs is 1. The summed E-state index contributed by atoms with van der Waals surface area (Å²) in [6.45, 7) is 0. The number of carbonyl (C=O) groups is 1. The van der Waals surface area contributed by atoms with Crippen LogP contribution in [-0.2, 0) is 0 Å². The number of hydrogen-bond donors (Lipinski definition) is 2. The van der Waals surface area contributed by atoms with E-state index in [1.165, 1.54) is 22.5 Å². The third-order valence-corrected chi connectivity index (χ3v) is 3.86. The first-order valence-electron chi connectivity index (χ1n) is 6.98. The average molecular weight is 342 g/mol. The van der Waals surface area contributed by atoms with Crippen LogP contribution in [0.4, 0.5) is 21.2 Å². The predicted molar refractivity (Wildman–Crippen MR) is 92.4 cm³/mol. The molecule has 24 heavy (non-hydrogen) atoms. The number of benzene rings is 1. The molecular formula is C15H14N6O2S. The molecule has 3 rings (SSSR count). The Bertz CT molecular complexity index is 921. The molecule has 0 saturated carbocycles. The Balaban J connectivity index is 1.86. The van der Waals surface area contributed by atoms with Crippen LogP contribution >= 0.6 is 11.5 Å². The van der Waals surface area contributed by atoms with Gasteiger partial charge in [-0.3, -0.25) is 0 Å². The Hall–Kier alpha value is -3.07. The number of pyridine rings is 1. The van der Waals surface area contributed by atoms with Gasteiger partial charge in [-0.05, 0) is 41.9 Å². The molecule has 0 radical (unpaired) electrons. The minimum atomic E-state index is -0.348. The van der Waals surface area contributed by atoms with E-state index in [2.05, 4.69) is 24.9 Å². The molecule has 122 valence electrons. The first kappa shape index (κ1) is 15.8. The number of hydrogen-bond acceptors (Lipinski definition) is 7. The Kier molecular flexibility index (Phi) is 4.34. The van der Waals surface area contributed by atoms with Crippen LogP contribution in [0.25, 0.3) is 11.0 Å². The summed E-state index contributed by atoms with van der Waals surface area (Å²) in [4.78, 5) is 17.2. The normalized spacial score (nSPS) is 11.1. The number of nitrogens with one attached hydrogen (secondary N) is 1. The molecule has 0 spiro atoms. The van der Waals surface area contributed by atoms with Gasteiger partial charge in [-0.1, -0.05) is 0 Å². The quantitative estimate of drug-likeness (QED) is 0.556. The van der Waals surface area contributed by atoms with E-state index in [1.54, 1.807) is 32.4 Å². The van der Waals surface area contributed by atoms with Gasteiger partial charge in [0.25, 0.3) is 0 Å². The standard InChI is InChI=1S/C15H14N6O2S/c1-21(2)15(23)17-11-8-9(5-6-12(11)22)18-19-14-10-4-3-7-16-13(10)20-24-14/h3-8,22H,1-2H3,(H,17,23)/b19-18+. The average Bonchev–Trinajstić information content (AvgIpc) is 2.98. The molecule has 0 aliphatic heterocycles. The molecule has 8 nitrogen and oxygen atoms in total. The molecule has 0 saturated heterocycles. The first-order valence-corrected chi connectivity index (χ1v) is 7.75. The van der Waals surface area contributed by atoms with Gasteiger partial charge in [0.15, 0.2) is 10.6 Å². The van der Waals surface area contributed by atoms with E-state index in [9.17, 15) is 9.90 Å². The van der Waals surface area contributed by atoms with E-state index in [1.807, 2.05) is 12.1 Å². The molecule has 2 N–H and O–H groups in total. The lowest BCUT2D eigenvalue weighted by Crippen LogP contribution is -2.27.